The fourth-order valence-corrected chi connectivity index (χ4v) is 4.53. The number of nitrogens with two attached hydrogens (primary N) is 2. The molecule has 1 aromatic heterocycles. The van der Waals surface area contributed by atoms with Crippen LogP contribution in [0.25, 0.3) is 5.76 Å². The van der Waals surface area contributed by atoms with E-state index in [1.807, 2.05) is 83.8 Å². The van der Waals surface area contributed by atoms with Crippen LogP contribution >= 0.6 is 0 Å². The molecule has 1 aliphatic heterocycles. The zero-order valence-electron chi connectivity index (χ0n) is 25.7. The van der Waals surface area contributed by atoms with Gasteiger partial charge < -0.3 is 36.2 Å². The number of allylic oxidation sites excluding steroid dienone is 4. The molecule has 0 spiro atoms. The number of para-hydroxylation sites is 2. The average Bonchev–Trinajstić information content (AvgIpc) is 3.55. The van der Waals surface area contributed by atoms with E-state index in [2.05, 4.69) is 11.9 Å². The number of benzene rings is 2. The second kappa shape index (κ2) is 16.1. The van der Waals surface area contributed by atoms with E-state index in [1.54, 1.807) is 31.4 Å². The zero-order chi connectivity index (χ0) is 33.8. The summed E-state index contributed by atoms with van der Waals surface area (Å²) in [6.45, 7) is 5.36. The van der Waals surface area contributed by atoms with Crippen molar-refractivity contribution in [1.29, 1.82) is 0 Å². The first-order valence-corrected chi connectivity index (χ1v) is 14.6. The van der Waals surface area contributed by atoms with Crippen LogP contribution in [0.3, 0.4) is 0 Å². The van der Waals surface area contributed by atoms with Gasteiger partial charge in [0.1, 0.15) is 5.76 Å². The first kappa shape index (κ1) is 33.5. The third-order valence-corrected chi connectivity index (χ3v) is 6.86. The van der Waals surface area contributed by atoms with Gasteiger partial charge in [0.15, 0.2) is 11.5 Å². The minimum absolute atomic E-state index is 0.0692. The summed E-state index contributed by atoms with van der Waals surface area (Å²) in [7, 11) is 0. The molecule has 240 valence electrons. The molecule has 0 saturated carbocycles. The third kappa shape index (κ3) is 9.05. The fraction of sp³-hybridized carbons (Fsp3) is 0.0811. The summed E-state index contributed by atoms with van der Waals surface area (Å²) in [6, 6.07) is 23.1. The largest absolute Gasteiger partial charge is 0.478 e. The van der Waals surface area contributed by atoms with Gasteiger partial charge >= 0.3 is 11.9 Å². The van der Waals surface area contributed by atoms with Gasteiger partial charge in [0.05, 0.1) is 28.6 Å². The molecule has 0 radical (unpaired) electrons. The molecule has 47 heavy (non-hydrogen) atoms. The highest BCUT2D eigenvalue weighted by Crippen LogP contribution is 2.37. The molecule has 0 saturated heterocycles. The van der Waals surface area contributed by atoms with Crippen LogP contribution in [-0.4, -0.2) is 28.2 Å². The third-order valence-electron chi connectivity index (χ3n) is 6.86. The number of nitrogens with one attached hydrogen (secondary N) is 1. The normalized spacial score (nSPS) is 15.8. The predicted octanol–water partition coefficient (Wildman–Crippen LogP) is 6.78. The summed E-state index contributed by atoms with van der Waals surface area (Å²) in [6.07, 6.45) is 14.0. The Labute approximate surface area is 272 Å². The molecule has 3 aromatic rings. The number of ether oxygens (including phenoxy) is 1. The highest BCUT2D eigenvalue weighted by molar-refractivity contribution is 5.91. The predicted molar refractivity (Wildman–Crippen MR) is 183 cm³/mol. The number of hydrogen-bond acceptors (Lipinski definition) is 8. The molecule has 0 amide bonds. The van der Waals surface area contributed by atoms with Crippen LogP contribution in [-0.2, 0) is 14.3 Å². The van der Waals surface area contributed by atoms with Crippen molar-refractivity contribution in [3.63, 3.8) is 0 Å². The van der Waals surface area contributed by atoms with Crippen molar-refractivity contribution in [3.05, 3.63) is 168 Å². The quantitative estimate of drug-likeness (QED) is 0.0727. The number of aliphatic carboxylic acids is 2. The Morgan fingerprint density at radius 2 is 1.53 bits per heavy atom. The molecule has 0 fully saturated rings. The van der Waals surface area contributed by atoms with E-state index >= 15 is 0 Å². The molecule has 10 heteroatoms. The molecule has 1 unspecified atom stereocenters. The van der Waals surface area contributed by atoms with Crippen molar-refractivity contribution in [2.24, 2.45) is 11.5 Å². The molecule has 1 aliphatic rings. The van der Waals surface area contributed by atoms with Crippen molar-refractivity contribution in [2.75, 3.05) is 4.90 Å². The Hall–Kier alpha value is -6.42. The van der Waals surface area contributed by atoms with E-state index in [0.717, 1.165) is 11.4 Å². The van der Waals surface area contributed by atoms with Crippen molar-refractivity contribution < 1.29 is 29.0 Å². The highest BCUT2D eigenvalue weighted by atomic mass is 16.5. The minimum Gasteiger partial charge on any atom is -0.478 e. The Balaban J connectivity index is 1.54. The van der Waals surface area contributed by atoms with Crippen molar-refractivity contribution >= 4 is 35.0 Å². The topological polar surface area (TPSA) is 164 Å². The molecule has 1 atom stereocenters. The van der Waals surface area contributed by atoms with E-state index < -0.39 is 11.9 Å². The highest BCUT2D eigenvalue weighted by Gasteiger charge is 2.19. The van der Waals surface area contributed by atoms with Gasteiger partial charge in [-0.25, -0.2) is 9.59 Å². The average molecular weight is 633 g/mol. The Morgan fingerprint density at radius 3 is 2.09 bits per heavy atom. The van der Waals surface area contributed by atoms with Gasteiger partial charge in [-0.3, -0.25) is 4.90 Å². The number of anilines is 3. The Kier molecular flexibility index (Phi) is 11.4. The SMILES string of the molecule is C=C/C=C(\OC1=CC(C\C=C(/C=C(N)/C(N)=C/C(=C\C)C(=O)O)C(=O)O)NC=C1)c1ccc(N(c2ccccc2)c2ccccc2)o1. The maximum atomic E-state index is 11.9. The number of rotatable bonds is 14. The molecular weight excluding hydrogens is 596 g/mol. The lowest BCUT2D eigenvalue weighted by Crippen LogP contribution is -2.24. The van der Waals surface area contributed by atoms with Crippen LogP contribution in [0.5, 0.6) is 0 Å². The number of carbonyl (C=O) groups is 2. The van der Waals surface area contributed by atoms with E-state index in [1.165, 1.54) is 24.3 Å². The zero-order valence-corrected chi connectivity index (χ0v) is 25.7. The fourth-order valence-electron chi connectivity index (χ4n) is 4.53. The summed E-state index contributed by atoms with van der Waals surface area (Å²) in [5, 5.41) is 22.1. The smallest absolute Gasteiger partial charge is 0.335 e. The molecule has 2 aromatic carbocycles. The van der Waals surface area contributed by atoms with Crippen molar-refractivity contribution in [2.45, 2.75) is 19.4 Å². The van der Waals surface area contributed by atoms with Crippen LogP contribution < -0.4 is 21.7 Å². The van der Waals surface area contributed by atoms with Crippen molar-refractivity contribution in [1.82, 2.24) is 5.32 Å². The van der Waals surface area contributed by atoms with Gasteiger partial charge in [0.25, 0.3) is 0 Å². The standard InChI is InChI=1S/C37H36N4O6/c1-3-11-33(34-18-19-35(47-34)41(28-12-7-5-8-13-28)29-14-9-6-10-15-29)46-30-20-21-40-27(24-30)17-16-26(37(44)45)23-32(39)31(38)22-25(4-2)36(42)43/h3-16,18-24,27,40H,1,17,38-39H2,2H3,(H,42,43)(H,44,45)/b25-4+,26-16+,31-22-,32-23-,33-11-. The molecule has 4 rings (SSSR count). The lowest BCUT2D eigenvalue weighted by atomic mass is 10.1. The molecule has 0 bridgehead atoms. The number of carboxylic acids is 2. The Morgan fingerprint density at radius 1 is 0.936 bits per heavy atom. The second-order valence-electron chi connectivity index (χ2n) is 10.1. The van der Waals surface area contributed by atoms with Gasteiger partial charge in [-0.05, 0) is 74.1 Å². The number of hydrogen-bond donors (Lipinski definition) is 5. The van der Waals surface area contributed by atoms with Gasteiger partial charge in [-0.1, -0.05) is 61.2 Å². The van der Waals surface area contributed by atoms with Crippen molar-refractivity contribution in [3.8, 4) is 0 Å². The lowest BCUT2D eigenvalue weighted by molar-refractivity contribution is -0.133. The second-order valence-corrected chi connectivity index (χ2v) is 10.1. The van der Waals surface area contributed by atoms with E-state index in [0.29, 0.717) is 23.2 Å². The van der Waals surface area contributed by atoms with Crippen LogP contribution in [0.1, 0.15) is 19.1 Å². The Bertz CT molecular complexity index is 1770. The van der Waals surface area contributed by atoms with Gasteiger partial charge in [0.2, 0.25) is 5.88 Å². The lowest BCUT2D eigenvalue weighted by Gasteiger charge is -2.22. The van der Waals surface area contributed by atoms with Crippen LogP contribution in [0.2, 0.25) is 0 Å². The monoisotopic (exact) mass is 632 g/mol. The number of nitrogens with zero attached hydrogens (tertiary/aromatic N) is 1. The van der Waals surface area contributed by atoms with Gasteiger partial charge in [-0.2, -0.15) is 0 Å². The molecule has 0 aliphatic carbocycles. The van der Waals surface area contributed by atoms with Gasteiger partial charge in [-0.15, -0.1) is 0 Å². The molecule has 7 N–H and O–H groups in total. The summed E-state index contributed by atoms with van der Waals surface area (Å²) in [4.78, 5) is 25.2. The first-order valence-electron chi connectivity index (χ1n) is 14.6. The van der Waals surface area contributed by atoms with Gasteiger partial charge in [0, 0.05) is 23.6 Å². The number of carboxylic acid groups (broad SMARTS) is 2. The van der Waals surface area contributed by atoms with Crippen LogP contribution in [0.15, 0.2) is 167 Å². The molecule has 2 heterocycles. The van der Waals surface area contributed by atoms with Crippen LogP contribution in [0, 0.1) is 0 Å². The minimum atomic E-state index is -1.22. The maximum absolute atomic E-state index is 11.9. The van der Waals surface area contributed by atoms with E-state index in [4.69, 9.17) is 20.6 Å². The maximum Gasteiger partial charge on any atom is 0.335 e. The summed E-state index contributed by atoms with van der Waals surface area (Å²) in [5.74, 6) is -0.416. The number of furan rings is 1. The number of dihydropyridines is 1. The van der Waals surface area contributed by atoms with Crippen LogP contribution in [0.4, 0.5) is 17.3 Å². The molecular formula is C37H36N4O6. The first-order chi connectivity index (χ1) is 22.7. The summed E-state index contributed by atoms with van der Waals surface area (Å²) in [5.41, 5.74) is 13.4. The summed E-state index contributed by atoms with van der Waals surface area (Å²) >= 11 is 0. The summed E-state index contributed by atoms with van der Waals surface area (Å²) < 4.78 is 12.6. The molecule has 10 nitrogen and oxygen atoms in total. The van der Waals surface area contributed by atoms with E-state index in [-0.39, 0.29) is 35.0 Å². The van der Waals surface area contributed by atoms with E-state index in [9.17, 15) is 19.8 Å².